The van der Waals surface area contributed by atoms with Crippen LogP contribution < -0.4 is 0 Å². The summed E-state index contributed by atoms with van der Waals surface area (Å²) in [5.74, 6) is -0.510. The lowest BCUT2D eigenvalue weighted by Gasteiger charge is -2.60. The zero-order valence-corrected chi connectivity index (χ0v) is 25.8. The first kappa shape index (κ1) is 30.8. The topological polar surface area (TPSA) is 119 Å². The zero-order chi connectivity index (χ0) is 29.4. The zero-order valence-electron chi connectivity index (χ0n) is 24.9. The lowest BCUT2D eigenvalue weighted by atomic mass is 9.45. The molecule has 0 aromatic carbocycles. The van der Waals surface area contributed by atoms with Crippen molar-refractivity contribution >= 4 is 19.4 Å². The van der Waals surface area contributed by atoms with Gasteiger partial charge in [-0.2, -0.15) is 0 Å². The van der Waals surface area contributed by atoms with Crippen molar-refractivity contribution in [2.24, 2.45) is 34.5 Å². The quantitative estimate of drug-likeness (QED) is 0.401. The minimum Gasteiger partial charge on any atom is -0.393 e. The van der Waals surface area contributed by atoms with Gasteiger partial charge in [-0.15, -0.1) is 0 Å². The number of carbonyl (C=O) groups excluding carboxylic acids is 2. The highest BCUT2D eigenvalue weighted by atomic mass is 31.2. The van der Waals surface area contributed by atoms with E-state index in [0.717, 1.165) is 12.0 Å². The summed E-state index contributed by atoms with van der Waals surface area (Å²) in [7, 11) is -4.14. The van der Waals surface area contributed by atoms with E-state index < -0.39 is 53.9 Å². The number of phosphoric ester groups is 1. The maximum Gasteiger partial charge on any atom is 0.476 e. The van der Waals surface area contributed by atoms with Gasteiger partial charge >= 0.3 is 7.82 Å². The minimum absolute atomic E-state index is 0.00448. The molecule has 0 amide bonds. The number of hydrogen-bond acceptors (Lipinski definition) is 8. The molecular formula is C30H47O8P. The standard InChI is InChI=1S/C30H47O8P/c1-18-14-20-21-11-13-30(34,24(33)17-36-39(35,37-26(2,3)4)38-27(5,6)7)29(21,9)16-23(32)25(20)28(8)12-10-19(31)15-22(18)28/h10,12,15,18,20-21,23,25,32,34H,11,13-14,16-17H2,1-9H3/t18-,20-,21-,23?,25+,28-,29-,30-/m0/s1. The Bertz CT molecular complexity index is 1110. The first-order valence-electron chi connectivity index (χ1n) is 14.2. The Morgan fingerprint density at radius 2 is 1.72 bits per heavy atom. The Hall–Kier alpha value is -1.15. The van der Waals surface area contributed by atoms with Gasteiger partial charge in [0.25, 0.3) is 0 Å². The van der Waals surface area contributed by atoms with Crippen LogP contribution in [-0.2, 0) is 27.7 Å². The first-order chi connectivity index (χ1) is 17.6. The van der Waals surface area contributed by atoms with Crippen LogP contribution in [0.5, 0.6) is 0 Å². The van der Waals surface area contributed by atoms with Crippen molar-refractivity contribution in [2.75, 3.05) is 6.61 Å². The van der Waals surface area contributed by atoms with Crippen LogP contribution in [0.4, 0.5) is 0 Å². The Kier molecular flexibility index (Phi) is 7.67. The van der Waals surface area contributed by atoms with Crippen molar-refractivity contribution in [1.82, 2.24) is 0 Å². The number of phosphoric acid groups is 1. The maximum absolute atomic E-state index is 13.7. The molecule has 0 spiro atoms. The highest BCUT2D eigenvalue weighted by Gasteiger charge is 2.68. The third kappa shape index (κ3) is 5.42. The van der Waals surface area contributed by atoms with Gasteiger partial charge in [-0.1, -0.05) is 32.4 Å². The second-order valence-electron chi connectivity index (χ2n) is 14.7. The van der Waals surface area contributed by atoms with Gasteiger partial charge in [0.05, 0.1) is 17.3 Å². The number of allylic oxidation sites excluding steroid dienone is 4. The molecule has 3 fully saturated rings. The molecule has 0 aromatic heterocycles. The molecule has 8 atom stereocenters. The lowest BCUT2D eigenvalue weighted by molar-refractivity contribution is -0.180. The van der Waals surface area contributed by atoms with Gasteiger partial charge in [0, 0.05) is 16.7 Å². The van der Waals surface area contributed by atoms with Crippen LogP contribution in [0.15, 0.2) is 23.8 Å². The van der Waals surface area contributed by atoms with Gasteiger partial charge in [-0.3, -0.25) is 23.2 Å². The fourth-order valence-corrected chi connectivity index (χ4v) is 9.97. The number of aliphatic hydroxyl groups excluding tert-OH is 1. The van der Waals surface area contributed by atoms with Crippen molar-refractivity contribution in [1.29, 1.82) is 0 Å². The van der Waals surface area contributed by atoms with E-state index in [1.165, 1.54) is 0 Å². The molecule has 220 valence electrons. The second-order valence-corrected chi connectivity index (χ2v) is 16.2. The summed E-state index contributed by atoms with van der Waals surface area (Å²) in [5, 5.41) is 23.6. The first-order valence-corrected chi connectivity index (χ1v) is 15.7. The van der Waals surface area contributed by atoms with Crippen molar-refractivity contribution in [2.45, 2.75) is 111 Å². The average molecular weight is 567 g/mol. The van der Waals surface area contributed by atoms with Gasteiger partial charge in [0.15, 0.2) is 11.6 Å². The average Bonchev–Trinajstić information content (AvgIpc) is 3.02. The Morgan fingerprint density at radius 1 is 1.13 bits per heavy atom. The van der Waals surface area contributed by atoms with Gasteiger partial charge < -0.3 is 10.2 Å². The summed E-state index contributed by atoms with van der Waals surface area (Å²) in [5.41, 5.74) is -3.74. The normalized spacial score (nSPS) is 40.5. The van der Waals surface area contributed by atoms with Gasteiger partial charge in [0.1, 0.15) is 12.2 Å². The molecule has 2 N–H and O–H groups in total. The number of Topliss-reactive ketones (excluding diaryl/α,β-unsaturated/α-hetero) is 1. The third-order valence-electron chi connectivity index (χ3n) is 9.56. The highest BCUT2D eigenvalue weighted by Crippen LogP contribution is 2.68. The fraction of sp³-hybridized carbons (Fsp3) is 0.800. The van der Waals surface area contributed by atoms with Crippen LogP contribution in [0, 0.1) is 34.5 Å². The summed E-state index contributed by atoms with van der Waals surface area (Å²) in [6.07, 6.45) is 6.39. The Balaban J connectivity index is 1.59. The molecule has 3 saturated carbocycles. The third-order valence-corrected chi connectivity index (χ3v) is 11.5. The summed E-state index contributed by atoms with van der Waals surface area (Å²) >= 11 is 0. The van der Waals surface area contributed by atoms with Crippen LogP contribution >= 0.6 is 7.82 Å². The number of fused-ring (bicyclic) bond motifs is 5. The largest absolute Gasteiger partial charge is 0.476 e. The molecule has 0 aliphatic heterocycles. The van der Waals surface area contributed by atoms with E-state index in [0.29, 0.717) is 6.42 Å². The molecule has 4 rings (SSSR count). The number of hydrogen-bond donors (Lipinski definition) is 2. The van der Waals surface area contributed by atoms with Crippen molar-refractivity contribution in [3.05, 3.63) is 23.8 Å². The molecule has 0 heterocycles. The van der Waals surface area contributed by atoms with E-state index in [-0.39, 0.29) is 42.3 Å². The minimum atomic E-state index is -4.14. The predicted octanol–water partition coefficient (Wildman–Crippen LogP) is 5.57. The molecule has 4 aliphatic rings. The smallest absolute Gasteiger partial charge is 0.393 e. The Labute approximate surface area is 233 Å². The SMILES string of the molecule is C[C@H]1C[C@@H]2[C@H](C(O)C[C@@]3(C)[C@H]2CC[C@]3(O)C(=O)COP(=O)(OC(C)(C)C)OC(C)(C)C)[C@@]2(C)C=CC(=O)C=C12. The van der Waals surface area contributed by atoms with Crippen LogP contribution in [0.1, 0.15) is 88.0 Å². The van der Waals surface area contributed by atoms with Crippen molar-refractivity contribution in [3.8, 4) is 0 Å². The monoisotopic (exact) mass is 566 g/mol. The van der Waals surface area contributed by atoms with Gasteiger partial charge in [-0.25, -0.2) is 4.57 Å². The summed E-state index contributed by atoms with van der Waals surface area (Å²) in [6, 6.07) is 0. The summed E-state index contributed by atoms with van der Waals surface area (Å²) in [4.78, 5) is 25.9. The molecule has 1 unspecified atom stereocenters. The second kappa shape index (κ2) is 9.71. The predicted molar refractivity (Wildman–Crippen MR) is 148 cm³/mol. The van der Waals surface area contributed by atoms with Crippen LogP contribution in [0.25, 0.3) is 0 Å². The van der Waals surface area contributed by atoms with Gasteiger partial charge in [-0.05, 0) is 97.1 Å². The fourth-order valence-electron chi connectivity index (χ4n) is 8.21. The highest BCUT2D eigenvalue weighted by molar-refractivity contribution is 7.48. The number of aliphatic hydroxyl groups is 2. The van der Waals surface area contributed by atoms with Crippen LogP contribution in [-0.4, -0.2) is 51.3 Å². The van der Waals surface area contributed by atoms with Crippen LogP contribution in [0.2, 0.25) is 0 Å². The molecule has 0 bridgehead atoms. The molecule has 0 saturated heterocycles. The lowest BCUT2D eigenvalue weighted by Crippen LogP contribution is -2.62. The molecule has 0 aromatic rings. The van der Waals surface area contributed by atoms with Crippen LogP contribution in [0.3, 0.4) is 0 Å². The maximum atomic E-state index is 13.7. The summed E-state index contributed by atoms with van der Waals surface area (Å²) in [6.45, 7) is 15.8. The molecule has 8 nitrogen and oxygen atoms in total. The number of carbonyl (C=O) groups is 2. The molecule has 0 radical (unpaired) electrons. The van der Waals surface area contributed by atoms with E-state index >= 15 is 0 Å². The van der Waals surface area contributed by atoms with Gasteiger partial charge in [0.2, 0.25) is 0 Å². The van der Waals surface area contributed by atoms with E-state index in [4.69, 9.17) is 13.6 Å². The summed E-state index contributed by atoms with van der Waals surface area (Å²) < 4.78 is 30.4. The van der Waals surface area contributed by atoms with Crippen molar-refractivity contribution < 1.29 is 37.9 Å². The molecular weight excluding hydrogens is 519 g/mol. The van der Waals surface area contributed by atoms with Crippen molar-refractivity contribution in [3.63, 3.8) is 0 Å². The number of rotatable bonds is 6. The number of ketones is 2. The van der Waals surface area contributed by atoms with E-state index in [9.17, 15) is 24.4 Å². The van der Waals surface area contributed by atoms with E-state index in [1.807, 2.05) is 13.0 Å². The molecule has 39 heavy (non-hydrogen) atoms. The Morgan fingerprint density at radius 3 is 2.28 bits per heavy atom. The molecule has 9 heteroatoms. The van der Waals surface area contributed by atoms with E-state index in [1.54, 1.807) is 53.7 Å². The van der Waals surface area contributed by atoms with E-state index in [2.05, 4.69) is 13.8 Å². The molecule has 4 aliphatic carbocycles.